The molecule has 0 atom stereocenters. The molecular weight excluding hydrogens is 173 g/mol. The minimum absolute atomic E-state index is 0. The fraction of sp³-hybridized carbons (Fsp3) is 0.667. The van der Waals surface area contributed by atoms with Crippen LogP contribution in [0.2, 0.25) is 0 Å². The zero-order valence-corrected chi connectivity index (χ0v) is 7.00. The largest absolute Gasteiger partial charge is 0.483 e. The molecule has 0 saturated heterocycles. The van der Waals surface area contributed by atoms with Crippen LogP contribution in [-0.4, -0.2) is 23.3 Å². The number of aliphatic hydroxyl groups is 1. The van der Waals surface area contributed by atoms with Gasteiger partial charge in [-0.2, -0.15) is 0 Å². The number of hydrogen-bond donors (Lipinski definition) is 2. The Morgan fingerprint density at radius 2 is 1.71 bits per heavy atom. The van der Waals surface area contributed by atoms with Crippen LogP contribution >= 0.6 is 0 Å². The van der Waals surface area contributed by atoms with E-state index in [2.05, 4.69) is 0 Å². The van der Waals surface area contributed by atoms with Gasteiger partial charge in [-0.05, 0) is 6.92 Å². The van der Waals surface area contributed by atoms with Crippen molar-refractivity contribution < 1.29 is 47.7 Å². The van der Waals surface area contributed by atoms with Gasteiger partial charge in [-0.3, -0.25) is 4.79 Å². The number of hydrogen-bond acceptors (Lipinski definition) is 2. The van der Waals surface area contributed by atoms with Crippen LogP contribution in [-0.2, 0) is 37.5 Å². The molecule has 3 nitrogen and oxygen atoms in total. The van der Waals surface area contributed by atoms with Gasteiger partial charge in [0.1, 0.15) is 0 Å². The molecule has 0 aliphatic carbocycles. The normalized spacial score (nSPS) is 4.29. The van der Waals surface area contributed by atoms with E-state index in [9.17, 15) is 0 Å². The molecule has 0 amide bonds. The molecule has 4 heteroatoms. The number of aliphatic hydroxyl groups excluding tert-OH is 1. The van der Waals surface area contributed by atoms with E-state index in [1.165, 1.54) is 0 Å². The first kappa shape index (κ1) is 15.6. The first-order valence-corrected chi connectivity index (χ1v) is 1.52. The molecule has 0 aliphatic heterocycles. The summed E-state index contributed by atoms with van der Waals surface area (Å²) in [5, 5.41) is 14.5. The summed E-state index contributed by atoms with van der Waals surface area (Å²) < 4.78 is 0. The maximum absolute atomic E-state index is 8.36. The van der Waals surface area contributed by atoms with Crippen molar-refractivity contribution in [2.75, 3.05) is 6.61 Å². The topological polar surface area (TPSA) is 57.5 Å². The molecule has 0 aliphatic rings. The van der Waals surface area contributed by atoms with Crippen molar-refractivity contribution in [3.8, 4) is 0 Å². The van der Waals surface area contributed by atoms with Crippen LogP contribution < -0.4 is 0 Å². The Bertz CT molecular complexity index is 24.1. The molecule has 0 heterocycles. The predicted molar refractivity (Wildman–Crippen MR) is 21.5 cm³/mol. The first-order valence-electron chi connectivity index (χ1n) is 1.52. The van der Waals surface area contributed by atoms with Crippen molar-refractivity contribution in [3.63, 3.8) is 0 Å². The average Bonchev–Trinajstić information content (AvgIpc) is 1.39. The monoisotopic (exact) mass is 181 g/mol. The van der Waals surface area contributed by atoms with Crippen LogP contribution in [0.1, 0.15) is 6.92 Å². The molecule has 1 radical (unpaired) electrons. The molecule has 0 saturated carbocycles. The second-order valence-corrected chi connectivity index (χ2v) is 0.422. The summed E-state index contributed by atoms with van der Waals surface area (Å²) in [6.07, 6.45) is 0. The van der Waals surface area contributed by atoms with Crippen molar-refractivity contribution in [2.24, 2.45) is 0 Å². The van der Waals surface area contributed by atoms with E-state index in [0.29, 0.717) is 0 Å². The van der Waals surface area contributed by atoms with E-state index in [1.807, 2.05) is 0 Å². The van der Waals surface area contributed by atoms with E-state index in [-0.39, 0.29) is 45.8 Å². The quantitative estimate of drug-likeness (QED) is 0.504. The summed E-state index contributed by atoms with van der Waals surface area (Å²) in [5.41, 5.74) is 0. The molecule has 0 aromatic carbocycles. The van der Waals surface area contributed by atoms with Crippen LogP contribution in [0.5, 0.6) is 0 Å². The number of carboxylic acid groups (broad SMARTS) is 1. The SMILES string of the molecule is CCO.O=CO.[Y]. The Morgan fingerprint density at radius 1 is 1.71 bits per heavy atom. The van der Waals surface area contributed by atoms with Crippen molar-refractivity contribution >= 4 is 6.47 Å². The van der Waals surface area contributed by atoms with Crippen LogP contribution in [0.25, 0.3) is 0 Å². The van der Waals surface area contributed by atoms with Gasteiger partial charge in [0.05, 0.1) is 0 Å². The minimum atomic E-state index is -0.250. The Kier molecular flexibility index (Phi) is 69.7. The van der Waals surface area contributed by atoms with Gasteiger partial charge in [0, 0.05) is 39.3 Å². The maximum Gasteiger partial charge on any atom is 0.290 e. The van der Waals surface area contributed by atoms with Crippen LogP contribution in [0.3, 0.4) is 0 Å². The number of rotatable bonds is 0. The Morgan fingerprint density at radius 3 is 1.71 bits per heavy atom. The van der Waals surface area contributed by atoms with Gasteiger partial charge >= 0.3 is 0 Å². The van der Waals surface area contributed by atoms with E-state index >= 15 is 0 Å². The van der Waals surface area contributed by atoms with Gasteiger partial charge in [0.25, 0.3) is 6.47 Å². The van der Waals surface area contributed by atoms with Crippen molar-refractivity contribution in [1.82, 2.24) is 0 Å². The molecule has 0 unspecified atom stereocenters. The molecule has 0 rings (SSSR count). The summed E-state index contributed by atoms with van der Waals surface area (Å²) in [4.78, 5) is 8.36. The number of carbonyl (C=O) groups is 1. The fourth-order valence-electron chi connectivity index (χ4n) is 0. The van der Waals surface area contributed by atoms with Crippen molar-refractivity contribution in [2.45, 2.75) is 6.92 Å². The second-order valence-electron chi connectivity index (χ2n) is 0.422. The first-order chi connectivity index (χ1) is 2.83. The Balaban J connectivity index is -0.0000000400. The summed E-state index contributed by atoms with van der Waals surface area (Å²) >= 11 is 0. The van der Waals surface area contributed by atoms with E-state index < -0.39 is 0 Å². The van der Waals surface area contributed by atoms with E-state index in [1.54, 1.807) is 6.92 Å². The Labute approximate surface area is 67.6 Å². The summed E-state index contributed by atoms with van der Waals surface area (Å²) in [7, 11) is 0. The van der Waals surface area contributed by atoms with E-state index in [4.69, 9.17) is 15.0 Å². The zero-order valence-electron chi connectivity index (χ0n) is 4.16. The minimum Gasteiger partial charge on any atom is -0.483 e. The molecular formula is C3H8O3Y. The third kappa shape index (κ3) is 471. The van der Waals surface area contributed by atoms with Gasteiger partial charge in [0.2, 0.25) is 0 Å². The van der Waals surface area contributed by atoms with Crippen molar-refractivity contribution in [3.05, 3.63) is 0 Å². The fourth-order valence-corrected chi connectivity index (χ4v) is 0. The molecule has 0 spiro atoms. The molecule has 7 heavy (non-hydrogen) atoms. The summed E-state index contributed by atoms with van der Waals surface area (Å²) in [6, 6.07) is 0. The molecule has 2 N–H and O–H groups in total. The zero-order chi connectivity index (χ0) is 5.41. The third-order valence-corrected chi connectivity index (χ3v) is 0. The summed E-state index contributed by atoms with van der Waals surface area (Å²) in [6.45, 7) is 1.68. The van der Waals surface area contributed by atoms with E-state index in [0.717, 1.165) is 0 Å². The van der Waals surface area contributed by atoms with Gasteiger partial charge in [0.15, 0.2) is 0 Å². The summed E-state index contributed by atoms with van der Waals surface area (Å²) in [5.74, 6) is 0. The van der Waals surface area contributed by atoms with Crippen LogP contribution in [0, 0.1) is 0 Å². The van der Waals surface area contributed by atoms with Gasteiger partial charge in [-0.25, -0.2) is 0 Å². The molecule has 0 aromatic heterocycles. The standard InChI is InChI=1S/C2H6O.CH2O2.Y/c1-2-3;2-1-3;/h3H,2H2,1H3;1H,(H,2,3);. The molecule has 41 valence electrons. The smallest absolute Gasteiger partial charge is 0.290 e. The molecule has 0 bridgehead atoms. The van der Waals surface area contributed by atoms with Gasteiger partial charge in [-0.15, -0.1) is 0 Å². The Hall–Kier alpha value is 0.534. The third-order valence-electron chi connectivity index (χ3n) is 0. The second kappa shape index (κ2) is 31.2. The molecule has 0 fully saturated rings. The maximum atomic E-state index is 8.36. The van der Waals surface area contributed by atoms with Crippen LogP contribution in [0.15, 0.2) is 0 Å². The van der Waals surface area contributed by atoms with Gasteiger partial charge < -0.3 is 10.2 Å². The molecule has 0 aromatic rings. The van der Waals surface area contributed by atoms with Crippen molar-refractivity contribution in [1.29, 1.82) is 0 Å². The average molecular weight is 181 g/mol. The van der Waals surface area contributed by atoms with Gasteiger partial charge in [-0.1, -0.05) is 0 Å². The van der Waals surface area contributed by atoms with Crippen LogP contribution in [0.4, 0.5) is 0 Å². The predicted octanol–water partition coefficient (Wildman–Crippen LogP) is -0.303.